The molecule has 37 heavy (non-hydrogen) atoms. The third-order valence-electron chi connectivity index (χ3n) is 11.0. The van der Waals surface area contributed by atoms with E-state index in [1.165, 1.54) is 44.1 Å². The molecule has 1 aromatic rings. The highest BCUT2D eigenvalue weighted by Crippen LogP contribution is 2.60. The summed E-state index contributed by atoms with van der Waals surface area (Å²) in [6, 6.07) is 10.3. The summed E-state index contributed by atoms with van der Waals surface area (Å²) in [6.07, 6.45) is 15.3. The Balaban J connectivity index is 1.37. The van der Waals surface area contributed by atoms with Crippen LogP contribution >= 0.6 is 0 Å². The fourth-order valence-electron chi connectivity index (χ4n) is 8.73. The van der Waals surface area contributed by atoms with Crippen LogP contribution in [0, 0.1) is 46.8 Å². The summed E-state index contributed by atoms with van der Waals surface area (Å²) in [5.41, 5.74) is 1.05. The molecule has 1 aromatic carbocycles. The van der Waals surface area contributed by atoms with Gasteiger partial charge in [-0.2, -0.15) is 0 Å². The van der Waals surface area contributed by atoms with Gasteiger partial charge in [0.1, 0.15) is 0 Å². The molecule has 0 bridgehead atoms. The molecule has 10 atom stereocenters. The molecule has 0 radical (unpaired) electrons. The van der Waals surface area contributed by atoms with Gasteiger partial charge in [-0.05, 0) is 105 Å². The van der Waals surface area contributed by atoms with Gasteiger partial charge in [-0.25, -0.2) is 0 Å². The minimum absolute atomic E-state index is 0.0893. The Hall–Kier alpha value is -1.16. The molecule has 0 heterocycles. The summed E-state index contributed by atoms with van der Waals surface area (Å²) in [7, 11) is 0. The summed E-state index contributed by atoms with van der Waals surface area (Å²) in [4.78, 5) is 0. The van der Waals surface area contributed by atoms with E-state index < -0.39 is 17.8 Å². The van der Waals surface area contributed by atoms with E-state index in [2.05, 4.69) is 45.1 Å². The smallest absolute Gasteiger partial charge is 0.0627 e. The van der Waals surface area contributed by atoms with E-state index in [0.29, 0.717) is 17.3 Å². The number of aliphatic hydroxyl groups is 3. The van der Waals surface area contributed by atoms with Crippen molar-refractivity contribution in [3.8, 4) is 0 Å². The van der Waals surface area contributed by atoms with Gasteiger partial charge in [-0.15, -0.1) is 0 Å². The maximum atomic E-state index is 11.2. The second-order valence-electron chi connectivity index (χ2n) is 14.1. The van der Waals surface area contributed by atoms with Crippen molar-refractivity contribution in [1.82, 2.24) is 0 Å². The lowest BCUT2D eigenvalue weighted by Gasteiger charge is -2.46. The SMILES string of the molecule is CC1C(/C=C\C2CCC[C@@]3(C)C2CCC3[C@H](C)CCCC(C)(C)O)C[C@@H](O)[C@H](Cc2ccccc2)[C@@H]1O. The van der Waals surface area contributed by atoms with Gasteiger partial charge in [-0.3, -0.25) is 0 Å². The fraction of sp³-hybridized carbons (Fsp3) is 0.765. The first kappa shape index (κ1) is 28.8. The Morgan fingerprint density at radius 2 is 1.76 bits per heavy atom. The first-order valence-corrected chi connectivity index (χ1v) is 15.3. The third kappa shape index (κ3) is 6.71. The zero-order chi connectivity index (χ0) is 26.8. The number of aliphatic hydroxyl groups excluding tert-OH is 2. The molecule has 208 valence electrons. The van der Waals surface area contributed by atoms with Crippen LogP contribution < -0.4 is 0 Å². The van der Waals surface area contributed by atoms with Gasteiger partial charge in [0.05, 0.1) is 17.8 Å². The molecule has 3 fully saturated rings. The van der Waals surface area contributed by atoms with Crippen LogP contribution in [0.3, 0.4) is 0 Å². The van der Waals surface area contributed by atoms with E-state index in [1.807, 2.05) is 32.0 Å². The largest absolute Gasteiger partial charge is 0.393 e. The monoisotopic (exact) mass is 510 g/mol. The first-order chi connectivity index (χ1) is 17.5. The van der Waals surface area contributed by atoms with E-state index in [-0.39, 0.29) is 17.8 Å². The summed E-state index contributed by atoms with van der Waals surface area (Å²) >= 11 is 0. The number of allylic oxidation sites excluding steroid dienone is 2. The van der Waals surface area contributed by atoms with Gasteiger partial charge in [-0.1, -0.05) is 82.5 Å². The number of hydrogen-bond acceptors (Lipinski definition) is 3. The highest BCUT2D eigenvalue weighted by molar-refractivity contribution is 5.17. The molecule has 0 aromatic heterocycles. The van der Waals surface area contributed by atoms with Crippen molar-refractivity contribution in [2.75, 3.05) is 0 Å². The van der Waals surface area contributed by atoms with Crippen molar-refractivity contribution in [2.24, 2.45) is 46.8 Å². The number of hydrogen-bond donors (Lipinski definition) is 3. The molecule has 3 N–H and O–H groups in total. The van der Waals surface area contributed by atoms with Crippen molar-refractivity contribution in [2.45, 2.75) is 117 Å². The van der Waals surface area contributed by atoms with Crippen LogP contribution in [0.5, 0.6) is 0 Å². The van der Waals surface area contributed by atoms with Gasteiger partial charge in [0.2, 0.25) is 0 Å². The van der Waals surface area contributed by atoms with Gasteiger partial charge in [0, 0.05) is 5.92 Å². The molecule has 3 nitrogen and oxygen atoms in total. The second kappa shape index (κ2) is 11.9. The molecule has 4 rings (SSSR count). The van der Waals surface area contributed by atoms with Crippen LogP contribution in [0.25, 0.3) is 0 Å². The summed E-state index contributed by atoms with van der Waals surface area (Å²) in [5, 5.41) is 32.3. The van der Waals surface area contributed by atoms with E-state index in [9.17, 15) is 15.3 Å². The van der Waals surface area contributed by atoms with Gasteiger partial charge in [0.15, 0.2) is 0 Å². The van der Waals surface area contributed by atoms with E-state index in [0.717, 1.165) is 37.5 Å². The Bertz CT molecular complexity index is 873. The minimum Gasteiger partial charge on any atom is -0.393 e. The molecular weight excluding hydrogens is 456 g/mol. The molecule has 3 aliphatic carbocycles. The van der Waals surface area contributed by atoms with E-state index in [4.69, 9.17) is 0 Å². The van der Waals surface area contributed by atoms with Crippen LogP contribution in [0.4, 0.5) is 0 Å². The van der Waals surface area contributed by atoms with E-state index >= 15 is 0 Å². The maximum absolute atomic E-state index is 11.2. The third-order valence-corrected chi connectivity index (χ3v) is 11.0. The van der Waals surface area contributed by atoms with Crippen molar-refractivity contribution in [3.05, 3.63) is 48.0 Å². The van der Waals surface area contributed by atoms with Gasteiger partial charge >= 0.3 is 0 Å². The van der Waals surface area contributed by atoms with Crippen molar-refractivity contribution >= 4 is 0 Å². The Morgan fingerprint density at radius 3 is 2.46 bits per heavy atom. The molecule has 3 saturated carbocycles. The molecule has 0 aliphatic heterocycles. The lowest BCUT2D eigenvalue weighted by Crippen LogP contribution is -2.46. The lowest BCUT2D eigenvalue weighted by atomic mass is 9.59. The quantitative estimate of drug-likeness (QED) is 0.308. The van der Waals surface area contributed by atoms with Gasteiger partial charge in [0.25, 0.3) is 0 Å². The van der Waals surface area contributed by atoms with Crippen molar-refractivity contribution < 1.29 is 15.3 Å². The topological polar surface area (TPSA) is 60.7 Å². The summed E-state index contributed by atoms with van der Waals surface area (Å²) < 4.78 is 0. The van der Waals surface area contributed by atoms with Crippen LogP contribution in [0.15, 0.2) is 42.5 Å². The standard InChI is InChI=1S/C34H54O3/c1-23(11-9-19-33(3,4)37)29-17-18-30-26(14-10-20-34(29,30)5)15-16-27-22-31(35)28(32(36)24(27)2)21-25-12-7-6-8-13-25/h6-8,12-13,15-16,23-24,26-32,35-37H,9-11,14,17-22H2,1-5H3/b16-15-/t23-,24?,26?,27?,28+,29?,30?,31-,32-,34-/m1/s1. The van der Waals surface area contributed by atoms with Crippen LogP contribution in [-0.4, -0.2) is 33.1 Å². The van der Waals surface area contributed by atoms with Crippen LogP contribution in [0.1, 0.15) is 98.0 Å². The molecule has 0 saturated heterocycles. The van der Waals surface area contributed by atoms with E-state index in [1.54, 1.807) is 0 Å². The predicted octanol–water partition coefficient (Wildman–Crippen LogP) is 7.19. The Kier molecular flexibility index (Phi) is 9.29. The lowest BCUT2D eigenvalue weighted by molar-refractivity contribution is -0.0688. The normalized spacial score (nSPS) is 39.6. The van der Waals surface area contributed by atoms with Gasteiger partial charge < -0.3 is 15.3 Å². The van der Waals surface area contributed by atoms with Crippen LogP contribution in [0.2, 0.25) is 0 Å². The molecule has 5 unspecified atom stereocenters. The zero-order valence-corrected chi connectivity index (χ0v) is 24.2. The second-order valence-corrected chi connectivity index (χ2v) is 14.1. The first-order valence-electron chi connectivity index (χ1n) is 15.3. The van der Waals surface area contributed by atoms with Crippen LogP contribution in [-0.2, 0) is 6.42 Å². The zero-order valence-electron chi connectivity index (χ0n) is 24.2. The minimum atomic E-state index is -0.554. The Morgan fingerprint density at radius 1 is 1.05 bits per heavy atom. The fourth-order valence-corrected chi connectivity index (χ4v) is 8.73. The maximum Gasteiger partial charge on any atom is 0.0627 e. The molecule has 3 heteroatoms. The number of fused-ring (bicyclic) bond motifs is 1. The number of benzene rings is 1. The molecule has 3 aliphatic rings. The molecule has 0 amide bonds. The summed E-state index contributed by atoms with van der Waals surface area (Å²) in [6.45, 7) is 11.1. The molecular formula is C34H54O3. The molecule has 0 spiro atoms. The number of rotatable bonds is 9. The average Bonchev–Trinajstić information content (AvgIpc) is 3.20. The highest BCUT2D eigenvalue weighted by Gasteiger charge is 2.51. The van der Waals surface area contributed by atoms with Crippen molar-refractivity contribution in [3.63, 3.8) is 0 Å². The summed E-state index contributed by atoms with van der Waals surface area (Å²) in [5.74, 6) is 3.18. The Labute approximate surface area is 226 Å². The average molecular weight is 511 g/mol. The van der Waals surface area contributed by atoms with Crippen molar-refractivity contribution in [1.29, 1.82) is 0 Å². The highest BCUT2D eigenvalue weighted by atomic mass is 16.3. The predicted molar refractivity (Wildman–Crippen MR) is 153 cm³/mol.